The monoisotopic (exact) mass is 459 g/mol. The van der Waals surface area contributed by atoms with E-state index < -0.39 is 17.7 Å². The van der Waals surface area contributed by atoms with Gasteiger partial charge in [0.25, 0.3) is 0 Å². The van der Waals surface area contributed by atoms with Crippen LogP contribution in [0.5, 0.6) is 0 Å². The number of hydrogen-bond acceptors (Lipinski definition) is 4. The van der Waals surface area contributed by atoms with E-state index in [0.29, 0.717) is 13.0 Å². The smallest absolute Gasteiger partial charge is 0.408 e. The predicted molar refractivity (Wildman–Crippen MR) is 130 cm³/mol. The SMILES string of the molecule is CCCN(C(=O)CNC(=O)OC(C)(C)C)C(C(=O)NC1CCCCC1)c1cc(C)cc(C)c1. The number of carbonyl (C=O) groups is 3. The zero-order valence-corrected chi connectivity index (χ0v) is 21.1. The predicted octanol–water partition coefficient (Wildman–Crippen LogP) is 4.56. The van der Waals surface area contributed by atoms with E-state index >= 15 is 0 Å². The highest BCUT2D eigenvalue weighted by Crippen LogP contribution is 2.26. The molecule has 1 aliphatic carbocycles. The second-order valence-electron chi connectivity index (χ2n) is 10.1. The zero-order chi connectivity index (χ0) is 24.6. The van der Waals surface area contributed by atoms with Crippen LogP contribution in [0, 0.1) is 13.8 Å². The fraction of sp³-hybridized carbons (Fsp3) is 0.654. The molecule has 1 atom stereocenters. The van der Waals surface area contributed by atoms with Gasteiger partial charge in [-0.05, 0) is 59.4 Å². The van der Waals surface area contributed by atoms with E-state index in [9.17, 15) is 14.4 Å². The van der Waals surface area contributed by atoms with Gasteiger partial charge in [0, 0.05) is 12.6 Å². The third-order valence-electron chi connectivity index (χ3n) is 5.64. The molecule has 0 radical (unpaired) electrons. The highest BCUT2D eigenvalue weighted by atomic mass is 16.6. The summed E-state index contributed by atoms with van der Waals surface area (Å²) in [6, 6.07) is 5.37. The van der Waals surface area contributed by atoms with Crippen LogP contribution >= 0.6 is 0 Å². The highest BCUT2D eigenvalue weighted by Gasteiger charge is 2.33. The Morgan fingerprint density at radius 2 is 1.67 bits per heavy atom. The molecule has 0 spiro atoms. The average molecular weight is 460 g/mol. The van der Waals surface area contributed by atoms with Gasteiger partial charge in [-0.1, -0.05) is 55.5 Å². The van der Waals surface area contributed by atoms with Gasteiger partial charge < -0.3 is 20.3 Å². The minimum absolute atomic E-state index is 0.137. The third-order valence-corrected chi connectivity index (χ3v) is 5.64. The summed E-state index contributed by atoms with van der Waals surface area (Å²) in [5.74, 6) is -0.475. The number of amides is 3. The van der Waals surface area contributed by atoms with Gasteiger partial charge in [0.2, 0.25) is 11.8 Å². The molecule has 1 aromatic rings. The molecule has 1 saturated carbocycles. The molecule has 0 aromatic heterocycles. The molecule has 0 aliphatic heterocycles. The van der Waals surface area contributed by atoms with Crippen molar-refractivity contribution in [1.82, 2.24) is 15.5 Å². The molecule has 0 bridgehead atoms. The van der Waals surface area contributed by atoms with E-state index in [1.165, 1.54) is 6.42 Å². The van der Waals surface area contributed by atoms with Crippen molar-refractivity contribution < 1.29 is 19.1 Å². The molecule has 184 valence electrons. The van der Waals surface area contributed by atoms with Crippen molar-refractivity contribution in [3.05, 3.63) is 34.9 Å². The number of nitrogens with zero attached hydrogens (tertiary/aromatic N) is 1. The Labute approximate surface area is 198 Å². The molecular weight excluding hydrogens is 418 g/mol. The van der Waals surface area contributed by atoms with Crippen molar-refractivity contribution in [1.29, 1.82) is 0 Å². The number of nitrogens with one attached hydrogen (secondary N) is 2. The van der Waals surface area contributed by atoms with Crippen LogP contribution < -0.4 is 10.6 Å². The number of aryl methyl sites for hydroxylation is 2. The third kappa shape index (κ3) is 8.71. The molecule has 33 heavy (non-hydrogen) atoms. The minimum atomic E-state index is -0.751. The molecule has 1 fully saturated rings. The first-order chi connectivity index (χ1) is 15.5. The molecule has 0 saturated heterocycles. The van der Waals surface area contributed by atoms with Gasteiger partial charge in [0.15, 0.2) is 0 Å². The first-order valence-corrected chi connectivity index (χ1v) is 12.1. The normalized spacial score (nSPS) is 15.5. The van der Waals surface area contributed by atoms with Gasteiger partial charge in [-0.15, -0.1) is 0 Å². The van der Waals surface area contributed by atoms with E-state index in [4.69, 9.17) is 4.74 Å². The maximum atomic E-state index is 13.6. The number of carbonyl (C=O) groups excluding carboxylic acids is 3. The van der Waals surface area contributed by atoms with Crippen LogP contribution in [0.1, 0.15) is 89.0 Å². The van der Waals surface area contributed by atoms with Gasteiger partial charge in [-0.3, -0.25) is 9.59 Å². The largest absolute Gasteiger partial charge is 0.444 e. The molecule has 1 aromatic carbocycles. The number of alkyl carbamates (subject to hydrolysis) is 1. The number of rotatable bonds is 8. The summed E-state index contributed by atoms with van der Waals surface area (Å²) in [5.41, 5.74) is 2.21. The summed E-state index contributed by atoms with van der Waals surface area (Å²) in [6.07, 6.45) is 5.38. The fourth-order valence-electron chi connectivity index (χ4n) is 4.37. The maximum Gasteiger partial charge on any atom is 0.408 e. The Hall–Kier alpha value is -2.57. The molecule has 7 nitrogen and oxygen atoms in total. The van der Waals surface area contributed by atoms with Crippen molar-refractivity contribution in [2.24, 2.45) is 0 Å². The second kappa shape index (κ2) is 12.1. The van der Waals surface area contributed by atoms with Crippen LogP contribution in [0.3, 0.4) is 0 Å². The Balaban J connectivity index is 2.28. The van der Waals surface area contributed by atoms with Crippen LogP contribution in [-0.2, 0) is 14.3 Å². The molecular formula is C26H41N3O4. The second-order valence-corrected chi connectivity index (χ2v) is 10.1. The lowest BCUT2D eigenvalue weighted by Gasteiger charge is -2.33. The summed E-state index contributed by atoms with van der Waals surface area (Å²) in [4.78, 5) is 40.5. The molecule has 7 heteroatoms. The molecule has 2 N–H and O–H groups in total. The van der Waals surface area contributed by atoms with Gasteiger partial charge in [0.1, 0.15) is 18.2 Å². The van der Waals surface area contributed by atoms with Crippen molar-refractivity contribution >= 4 is 17.9 Å². The highest BCUT2D eigenvalue weighted by molar-refractivity contribution is 5.90. The van der Waals surface area contributed by atoms with Crippen LogP contribution in [0.4, 0.5) is 4.79 Å². The van der Waals surface area contributed by atoms with Crippen molar-refractivity contribution in [3.63, 3.8) is 0 Å². The van der Waals surface area contributed by atoms with Crippen LogP contribution in [0.2, 0.25) is 0 Å². The maximum absolute atomic E-state index is 13.6. The summed E-state index contributed by atoms with van der Waals surface area (Å²) >= 11 is 0. The summed E-state index contributed by atoms with van der Waals surface area (Å²) in [5, 5.41) is 5.74. The Kier molecular flexibility index (Phi) is 9.74. The van der Waals surface area contributed by atoms with Gasteiger partial charge in [-0.2, -0.15) is 0 Å². The molecule has 0 heterocycles. The van der Waals surface area contributed by atoms with E-state index in [1.54, 1.807) is 25.7 Å². The topological polar surface area (TPSA) is 87.7 Å². The van der Waals surface area contributed by atoms with Gasteiger partial charge in [-0.25, -0.2) is 4.79 Å². The lowest BCUT2D eigenvalue weighted by molar-refractivity contribution is -0.140. The first-order valence-electron chi connectivity index (χ1n) is 12.1. The lowest BCUT2D eigenvalue weighted by atomic mass is 9.94. The zero-order valence-electron chi connectivity index (χ0n) is 21.1. The van der Waals surface area contributed by atoms with Gasteiger partial charge >= 0.3 is 6.09 Å². The number of hydrogen-bond donors (Lipinski definition) is 2. The van der Waals surface area contributed by atoms with Crippen molar-refractivity contribution in [3.8, 4) is 0 Å². The Morgan fingerprint density at radius 1 is 1.06 bits per heavy atom. The average Bonchev–Trinajstić information content (AvgIpc) is 2.70. The molecule has 1 unspecified atom stereocenters. The molecule has 1 aliphatic rings. The standard InChI is InChI=1S/C26H41N3O4/c1-7-13-29(22(30)17-27-25(32)33-26(4,5)6)23(20-15-18(2)14-19(3)16-20)24(31)28-21-11-9-8-10-12-21/h14-16,21,23H,7-13,17H2,1-6H3,(H,27,32)(H,28,31). The quantitative estimate of drug-likeness (QED) is 0.597. The molecule has 2 rings (SSSR count). The van der Waals surface area contributed by atoms with Crippen LogP contribution in [0.15, 0.2) is 18.2 Å². The van der Waals surface area contributed by atoms with E-state index in [1.807, 2.05) is 32.9 Å². The first kappa shape index (κ1) is 26.7. The van der Waals surface area contributed by atoms with Crippen LogP contribution in [0.25, 0.3) is 0 Å². The van der Waals surface area contributed by atoms with Crippen molar-refractivity contribution in [2.45, 2.75) is 97.8 Å². The lowest BCUT2D eigenvalue weighted by Crippen LogP contribution is -2.50. The van der Waals surface area contributed by atoms with E-state index in [-0.39, 0.29) is 24.4 Å². The molecule has 3 amide bonds. The summed E-state index contributed by atoms with van der Waals surface area (Å²) in [6.45, 7) is 11.4. The number of ether oxygens (including phenoxy) is 1. The van der Waals surface area contributed by atoms with E-state index in [0.717, 1.165) is 42.4 Å². The number of benzene rings is 1. The summed E-state index contributed by atoms with van der Waals surface area (Å²) in [7, 11) is 0. The Bertz CT molecular complexity index is 805. The minimum Gasteiger partial charge on any atom is -0.444 e. The van der Waals surface area contributed by atoms with Crippen molar-refractivity contribution in [2.75, 3.05) is 13.1 Å². The fourth-order valence-corrected chi connectivity index (χ4v) is 4.37. The van der Waals surface area contributed by atoms with E-state index in [2.05, 4.69) is 16.7 Å². The Morgan fingerprint density at radius 3 is 2.21 bits per heavy atom. The summed E-state index contributed by atoms with van der Waals surface area (Å²) < 4.78 is 5.25. The van der Waals surface area contributed by atoms with Gasteiger partial charge in [0.05, 0.1) is 0 Å². The van der Waals surface area contributed by atoms with Crippen LogP contribution in [-0.4, -0.2) is 47.5 Å².